The Hall–Kier alpha value is -6.46. The minimum atomic E-state index is -3.08. The van der Waals surface area contributed by atoms with Crippen LogP contribution in [0, 0.1) is 17.9 Å². The SMILES string of the molecule is [C-]#[N+]c1ccc(-c2cccc(C#N)c2[Si](c2ccccc2)(c2ccccc2)c2ccccc2)cc1-n1c2ccccc2c2ccccc21. The summed E-state index contributed by atoms with van der Waals surface area (Å²) < 4.78 is 2.21. The first kappa shape index (κ1) is 29.0. The Labute approximate surface area is 281 Å². The fourth-order valence-electron chi connectivity index (χ4n) is 7.43. The molecule has 0 fully saturated rings. The summed E-state index contributed by atoms with van der Waals surface area (Å²) >= 11 is 0. The summed E-state index contributed by atoms with van der Waals surface area (Å²) in [4.78, 5) is 4.01. The van der Waals surface area contributed by atoms with Gasteiger partial charge in [-0.15, -0.1) is 0 Å². The van der Waals surface area contributed by atoms with Gasteiger partial charge < -0.3 is 4.57 Å². The van der Waals surface area contributed by atoms with Gasteiger partial charge >= 0.3 is 0 Å². The minimum Gasteiger partial charge on any atom is -0.319 e. The molecule has 8 aromatic rings. The number of rotatable bonds is 6. The highest BCUT2D eigenvalue weighted by Gasteiger charge is 2.44. The first-order chi connectivity index (χ1) is 23.8. The Morgan fingerprint density at radius 1 is 0.542 bits per heavy atom. The third-order valence-corrected chi connectivity index (χ3v) is 14.3. The number of benzene rings is 7. The van der Waals surface area contributed by atoms with Gasteiger partial charge in [0, 0.05) is 10.8 Å². The molecular weight excluding hydrogens is 599 g/mol. The molecule has 0 saturated carbocycles. The molecule has 0 radical (unpaired) electrons. The fraction of sp³-hybridized carbons (Fsp3) is 0. The first-order valence-corrected chi connectivity index (χ1v) is 18.0. The van der Waals surface area contributed by atoms with Crippen LogP contribution in [0.5, 0.6) is 0 Å². The van der Waals surface area contributed by atoms with Crippen molar-refractivity contribution in [3.05, 3.63) is 193 Å². The van der Waals surface area contributed by atoms with Crippen LogP contribution in [0.2, 0.25) is 0 Å². The van der Waals surface area contributed by atoms with Crippen LogP contribution >= 0.6 is 0 Å². The van der Waals surface area contributed by atoms with Crippen LogP contribution < -0.4 is 20.7 Å². The molecule has 3 nitrogen and oxygen atoms in total. The second-order valence-electron chi connectivity index (χ2n) is 11.9. The standard InChI is InChI=1S/C44H29N3Si/c1-46-40-29-28-32(30-43(40)47-41-26-13-11-23-38(41)39-24-12-14-27-42(39)47)37-25-15-16-33(31-45)44(37)48(34-17-5-2-6-18-34,35-19-7-3-8-20-35)36-21-9-4-10-22-36/h2-30H. The second kappa shape index (κ2) is 12.0. The van der Waals surface area contributed by atoms with Crippen LogP contribution in [0.15, 0.2) is 176 Å². The van der Waals surface area contributed by atoms with Crippen LogP contribution in [0.25, 0.3) is 43.5 Å². The van der Waals surface area contributed by atoms with E-state index in [4.69, 9.17) is 6.57 Å². The van der Waals surface area contributed by atoms with Crippen LogP contribution in [0.3, 0.4) is 0 Å². The fourth-order valence-corrected chi connectivity index (χ4v) is 12.6. The van der Waals surface area contributed by atoms with E-state index in [1.54, 1.807) is 0 Å². The maximum atomic E-state index is 10.8. The average molecular weight is 628 g/mol. The zero-order valence-electron chi connectivity index (χ0n) is 26.1. The maximum Gasteiger partial charge on any atom is 0.210 e. The van der Waals surface area contributed by atoms with Gasteiger partial charge in [0.2, 0.25) is 5.69 Å². The number of hydrogen-bond donors (Lipinski definition) is 0. The van der Waals surface area contributed by atoms with Gasteiger partial charge in [0.15, 0.2) is 8.07 Å². The lowest BCUT2D eigenvalue weighted by Gasteiger charge is -2.36. The van der Waals surface area contributed by atoms with Crippen molar-refractivity contribution < 1.29 is 0 Å². The monoisotopic (exact) mass is 627 g/mol. The Morgan fingerprint density at radius 3 is 1.54 bits per heavy atom. The van der Waals surface area contributed by atoms with Gasteiger partial charge in [0.25, 0.3) is 0 Å². The summed E-state index contributed by atoms with van der Waals surface area (Å²) in [7, 11) is -3.08. The molecule has 8 rings (SSSR count). The molecule has 48 heavy (non-hydrogen) atoms. The molecule has 0 aliphatic rings. The van der Waals surface area contributed by atoms with Crippen LogP contribution in [-0.4, -0.2) is 12.6 Å². The molecule has 1 aromatic heterocycles. The van der Waals surface area contributed by atoms with Crippen LogP contribution in [0.4, 0.5) is 5.69 Å². The molecule has 0 N–H and O–H groups in total. The van der Waals surface area contributed by atoms with E-state index in [2.05, 4.69) is 155 Å². The van der Waals surface area contributed by atoms with Crippen molar-refractivity contribution in [3.8, 4) is 22.9 Å². The molecule has 0 spiro atoms. The summed E-state index contributed by atoms with van der Waals surface area (Å²) in [6.07, 6.45) is 0. The summed E-state index contributed by atoms with van der Waals surface area (Å²) in [6, 6.07) is 63.6. The molecule has 1 heterocycles. The van der Waals surface area contributed by atoms with Gasteiger partial charge in [-0.05, 0) is 56.1 Å². The third-order valence-electron chi connectivity index (χ3n) is 9.41. The van der Waals surface area contributed by atoms with Gasteiger partial charge in [-0.25, -0.2) is 4.85 Å². The van der Waals surface area contributed by atoms with E-state index in [1.807, 2.05) is 36.4 Å². The zero-order chi connectivity index (χ0) is 32.5. The summed E-state index contributed by atoms with van der Waals surface area (Å²) in [5.74, 6) is 0. The van der Waals surface area contributed by atoms with E-state index in [-0.39, 0.29) is 0 Å². The van der Waals surface area contributed by atoms with Crippen molar-refractivity contribution in [3.63, 3.8) is 0 Å². The largest absolute Gasteiger partial charge is 0.319 e. The van der Waals surface area contributed by atoms with Crippen molar-refractivity contribution in [1.29, 1.82) is 5.26 Å². The first-order valence-electron chi connectivity index (χ1n) is 16.0. The van der Waals surface area contributed by atoms with E-state index in [0.717, 1.165) is 43.8 Å². The van der Waals surface area contributed by atoms with E-state index < -0.39 is 8.07 Å². The number of nitriles is 1. The highest BCUT2D eigenvalue weighted by atomic mass is 28.3. The number of para-hydroxylation sites is 2. The predicted octanol–water partition coefficient (Wildman–Crippen LogP) is 8.25. The van der Waals surface area contributed by atoms with Crippen molar-refractivity contribution >= 4 is 56.3 Å². The second-order valence-corrected chi connectivity index (χ2v) is 15.6. The lowest BCUT2D eigenvalue weighted by Crippen LogP contribution is -2.75. The van der Waals surface area contributed by atoms with Crippen molar-refractivity contribution in [2.75, 3.05) is 0 Å². The summed E-state index contributed by atoms with van der Waals surface area (Å²) in [5.41, 5.74) is 6.10. The van der Waals surface area contributed by atoms with Crippen molar-refractivity contribution in [2.45, 2.75) is 0 Å². The molecule has 0 amide bonds. The third kappa shape index (κ3) is 4.48. The van der Waals surface area contributed by atoms with Crippen molar-refractivity contribution in [2.24, 2.45) is 0 Å². The smallest absolute Gasteiger partial charge is 0.210 e. The summed E-state index contributed by atoms with van der Waals surface area (Å²) in [6.45, 7) is 8.20. The number of hydrogen-bond acceptors (Lipinski definition) is 1. The molecule has 0 aliphatic carbocycles. The Kier molecular flexibility index (Phi) is 7.27. The molecule has 0 bridgehead atoms. The molecule has 0 unspecified atom stereocenters. The zero-order valence-corrected chi connectivity index (χ0v) is 27.1. The van der Waals surface area contributed by atoms with Gasteiger partial charge in [-0.3, -0.25) is 0 Å². The van der Waals surface area contributed by atoms with Crippen molar-refractivity contribution in [1.82, 2.24) is 4.57 Å². The van der Waals surface area contributed by atoms with E-state index in [9.17, 15) is 5.26 Å². The van der Waals surface area contributed by atoms with Gasteiger partial charge in [-0.2, -0.15) is 5.26 Å². The maximum absolute atomic E-state index is 10.8. The molecule has 0 saturated heterocycles. The van der Waals surface area contributed by atoms with E-state index in [0.29, 0.717) is 11.3 Å². The number of nitrogens with zero attached hydrogens (tertiary/aromatic N) is 3. The molecule has 0 atom stereocenters. The quantitative estimate of drug-likeness (QED) is 0.104. The van der Waals surface area contributed by atoms with E-state index >= 15 is 0 Å². The number of aromatic nitrogens is 1. The predicted molar refractivity (Wildman–Crippen MR) is 201 cm³/mol. The normalized spacial score (nSPS) is 11.3. The van der Waals surface area contributed by atoms with E-state index in [1.165, 1.54) is 15.6 Å². The summed E-state index contributed by atoms with van der Waals surface area (Å²) in [5, 5.41) is 17.8. The molecule has 0 aliphatic heterocycles. The lowest BCUT2D eigenvalue weighted by molar-refractivity contribution is 1.19. The number of fused-ring (bicyclic) bond motifs is 3. The van der Waals surface area contributed by atoms with Gasteiger partial charge in [-0.1, -0.05) is 152 Å². The Morgan fingerprint density at radius 2 is 1.04 bits per heavy atom. The molecule has 4 heteroatoms. The highest BCUT2D eigenvalue weighted by molar-refractivity contribution is 7.20. The Balaban J connectivity index is 1.50. The van der Waals surface area contributed by atoms with Gasteiger partial charge in [0.1, 0.15) is 0 Å². The highest BCUT2D eigenvalue weighted by Crippen LogP contribution is 2.37. The molecule has 224 valence electrons. The lowest BCUT2D eigenvalue weighted by atomic mass is 10.0. The average Bonchev–Trinajstić information content (AvgIpc) is 3.50. The minimum absolute atomic E-state index is 0.570. The molecule has 7 aromatic carbocycles. The molecular formula is C44H29N3Si. The topological polar surface area (TPSA) is 33.1 Å². The Bertz CT molecular complexity index is 2370. The van der Waals surface area contributed by atoms with Crippen LogP contribution in [0.1, 0.15) is 5.56 Å². The van der Waals surface area contributed by atoms with Gasteiger partial charge in [0.05, 0.1) is 34.9 Å². The van der Waals surface area contributed by atoms with Crippen LogP contribution in [-0.2, 0) is 0 Å².